The van der Waals surface area contributed by atoms with Gasteiger partial charge in [0.05, 0.1) is 11.5 Å². The Labute approximate surface area is 99.1 Å². The molecule has 1 aliphatic heterocycles. The van der Waals surface area contributed by atoms with E-state index >= 15 is 0 Å². The minimum Gasteiger partial charge on any atom is -0.329 e. The molecule has 0 bridgehead atoms. The second-order valence-electron chi connectivity index (χ2n) is 4.70. The molecule has 1 fully saturated rings. The zero-order valence-electron chi connectivity index (χ0n) is 10.4. The predicted molar refractivity (Wildman–Crippen MR) is 67.2 cm³/mol. The van der Waals surface area contributed by atoms with E-state index in [0.29, 0.717) is 18.7 Å². The third-order valence-electron chi connectivity index (χ3n) is 3.58. The van der Waals surface area contributed by atoms with Crippen LogP contribution in [0.25, 0.3) is 0 Å². The number of nitrogens with zero attached hydrogens (tertiary/aromatic N) is 1. The Hall–Kier alpha value is -0.130. The van der Waals surface area contributed by atoms with Crippen molar-refractivity contribution >= 4 is 9.84 Å². The van der Waals surface area contributed by atoms with E-state index in [1.165, 1.54) is 0 Å². The molecule has 1 aliphatic rings. The van der Waals surface area contributed by atoms with Gasteiger partial charge in [0, 0.05) is 12.1 Å². The average Bonchev–Trinajstić information content (AvgIpc) is 2.57. The predicted octanol–water partition coefficient (Wildman–Crippen LogP) is 0.624. The molecule has 1 unspecified atom stereocenters. The van der Waals surface area contributed by atoms with Gasteiger partial charge in [0.2, 0.25) is 0 Å². The second kappa shape index (κ2) is 5.47. The highest BCUT2D eigenvalue weighted by Crippen LogP contribution is 2.29. The molecule has 5 heteroatoms. The molecule has 0 aliphatic carbocycles. The maximum Gasteiger partial charge on any atom is 0.152 e. The first-order valence-electron chi connectivity index (χ1n) is 6.15. The molecule has 0 spiro atoms. The van der Waals surface area contributed by atoms with Crippen LogP contribution in [0.15, 0.2) is 0 Å². The average molecular weight is 248 g/mol. The van der Waals surface area contributed by atoms with Crippen LogP contribution in [-0.2, 0) is 9.84 Å². The molecule has 1 rings (SSSR count). The summed E-state index contributed by atoms with van der Waals surface area (Å²) in [4.78, 5) is 2.26. The maximum absolute atomic E-state index is 11.6. The molecule has 96 valence electrons. The summed E-state index contributed by atoms with van der Waals surface area (Å²) in [7, 11) is -2.87. The minimum atomic E-state index is -2.87. The lowest BCUT2D eigenvalue weighted by Crippen LogP contribution is -2.55. The Morgan fingerprint density at radius 2 is 2.06 bits per heavy atom. The zero-order chi connectivity index (χ0) is 12.2. The third kappa shape index (κ3) is 2.96. The van der Waals surface area contributed by atoms with E-state index in [0.717, 1.165) is 25.9 Å². The largest absolute Gasteiger partial charge is 0.329 e. The summed E-state index contributed by atoms with van der Waals surface area (Å²) >= 11 is 0. The fourth-order valence-electron chi connectivity index (χ4n) is 2.52. The van der Waals surface area contributed by atoms with Gasteiger partial charge in [-0.05, 0) is 25.9 Å². The van der Waals surface area contributed by atoms with E-state index in [4.69, 9.17) is 5.73 Å². The van der Waals surface area contributed by atoms with E-state index in [2.05, 4.69) is 18.7 Å². The first kappa shape index (κ1) is 13.9. The van der Waals surface area contributed by atoms with Gasteiger partial charge in [-0.15, -0.1) is 0 Å². The summed E-state index contributed by atoms with van der Waals surface area (Å²) in [5, 5.41) is 0. The molecular weight excluding hydrogens is 224 g/mol. The van der Waals surface area contributed by atoms with Gasteiger partial charge in [0.25, 0.3) is 0 Å². The fourth-order valence-corrected chi connectivity index (χ4v) is 4.62. The van der Waals surface area contributed by atoms with Crippen LogP contribution in [0.1, 0.15) is 33.1 Å². The molecule has 0 aromatic rings. The van der Waals surface area contributed by atoms with Gasteiger partial charge in [-0.25, -0.2) is 8.42 Å². The van der Waals surface area contributed by atoms with Crippen molar-refractivity contribution in [2.75, 3.05) is 31.1 Å². The van der Waals surface area contributed by atoms with Gasteiger partial charge in [0.1, 0.15) is 0 Å². The molecule has 0 aromatic carbocycles. The molecule has 0 amide bonds. The monoisotopic (exact) mass is 248 g/mol. The van der Waals surface area contributed by atoms with E-state index in [9.17, 15) is 8.42 Å². The summed E-state index contributed by atoms with van der Waals surface area (Å²) in [6.07, 6.45) is 2.93. The van der Waals surface area contributed by atoms with Crippen molar-refractivity contribution in [1.29, 1.82) is 0 Å². The summed E-state index contributed by atoms with van der Waals surface area (Å²) in [6.45, 7) is 6.52. The van der Waals surface area contributed by atoms with Crippen molar-refractivity contribution in [2.24, 2.45) is 5.73 Å². The molecule has 16 heavy (non-hydrogen) atoms. The van der Waals surface area contributed by atoms with Crippen LogP contribution in [-0.4, -0.2) is 50.0 Å². The van der Waals surface area contributed by atoms with E-state index < -0.39 is 9.84 Å². The van der Waals surface area contributed by atoms with Crippen LogP contribution in [0.3, 0.4) is 0 Å². The van der Waals surface area contributed by atoms with Crippen LogP contribution in [0.4, 0.5) is 0 Å². The maximum atomic E-state index is 11.6. The number of likely N-dealkylation sites (N-methyl/N-ethyl adjacent to an activating group) is 1. The Morgan fingerprint density at radius 3 is 2.44 bits per heavy atom. The molecule has 0 radical (unpaired) electrons. The first-order valence-corrected chi connectivity index (χ1v) is 7.97. The lowest BCUT2D eigenvalue weighted by Gasteiger charge is -2.39. The Kier molecular flexibility index (Phi) is 4.76. The van der Waals surface area contributed by atoms with Crippen molar-refractivity contribution in [1.82, 2.24) is 4.90 Å². The highest BCUT2D eigenvalue weighted by molar-refractivity contribution is 7.91. The minimum absolute atomic E-state index is 0.244. The smallest absolute Gasteiger partial charge is 0.152 e. The number of nitrogens with two attached hydrogens (primary N) is 1. The SMILES string of the molecule is CCCCN(CC)C1(CN)CCS(=O)(=O)C1. The number of unbranched alkanes of at least 4 members (excludes halogenated alkanes) is 1. The molecule has 2 N–H and O–H groups in total. The highest BCUT2D eigenvalue weighted by atomic mass is 32.2. The van der Waals surface area contributed by atoms with Gasteiger partial charge in [-0.1, -0.05) is 20.3 Å². The van der Waals surface area contributed by atoms with E-state index in [-0.39, 0.29) is 11.3 Å². The number of hydrogen-bond acceptors (Lipinski definition) is 4. The number of hydrogen-bond donors (Lipinski definition) is 1. The summed E-state index contributed by atoms with van der Waals surface area (Å²) in [6, 6.07) is 0. The summed E-state index contributed by atoms with van der Waals surface area (Å²) in [5.74, 6) is 0.543. The molecular formula is C11H24N2O2S. The molecule has 1 heterocycles. The van der Waals surface area contributed by atoms with E-state index in [1.807, 2.05) is 0 Å². The van der Waals surface area contributed by atoms with Crippen molar-refractivity contribution in [3.8, 4) is 0 Å². The Morgan fingerprint density at radius 1 is 1.38 bits per heavy atom. The van der Waals surface area contributed by atoms with Crippen LogP contribution in [0.5, 0.6) is 0 Å². The quantitative estimate of drug-likeness (QED) is 0.748. The Balaban J connectivity index is 2.78. The van der Waals surface area contributed by atoms with Crippen molar-refractivity contribution < 1.29 is 8.42 Å². The van der Waals surface area contributed by atoms with Gasteiger partial charge in [-0.2, -0.15) is 0 Å². The molecule has 0 saturated carbocycles. The lowest BCUT2D eigenvalue weighted by molar-refractivity contribution is 0.121. The Bertz CT molecular complexity index is 316. The van der Waals surface area contributed by atoms with Gasteiger partial charge in [0.15, 0.2) is 9.84 Å². The standard InChI is InChI=1S/C11H24N2O2S/c1-3-5-7-13(4-2)11(9-12)6-8-16(14,15)10-11/h3-10,12H2,1-2H3. The molecule has 0 aromatic heterocycles. The van der Waals surface area contributed by atoms with Gasteiger partial charge < -0.3 is 5.73 Å². The normalized spacial score (nSPS) is 28.8. The lowest BCUT2D eigenvalue weighted by atomic mass is 9.96. The van der Waals surface area contributed by atoms with Crippen LogP contribution in [0.2, 0.25) is 0 Å². The fraction of sp³-hybridized carbons (Fsp3) is 1.00. The zero-order valence-corrected chi connectivity index (χ0v) is 11.2. The van der Waals surface area contributed by atoms with Crippen LogP contribution in [0, 0.1) is 0 Å². The van der Waals surface area contributed by atoms with Crippen LogP contribution < -0.4 is 5.73 Å². The van der Waals surface area contributed by atoms with Crippen molar-refractivity contribution in [3.05, 3.63) is 0 Å². The molecule has 1 saturated heterocycles. The topological polar surface area (TPSA) is 63.4 Å². The van der Waals surface area contributed by atoms with Gasteiger partial charge >= 0.3 is 0 Å². The van der Waals surface area contributed by atoms with E-state index in [1.54, 1.807) is 0 Å². The first-order chi connectivity index (χ1) is 7.49. The number of sulfone groups is 1. The molecule has 1 atom stereocenters. The van der Waals surface area contributed by atoms with Gasteiger partial charge in [-0.3, -0.25) is 4.90 Å². The third-order valence-corrected chi connectivity index (χ3v) is 5.38. The summed E-state index contributed by atoms with van der Waals surface area (Å²) < 4.78 is 23.2. The number of rotatable bonds is 6. The second-order valence-corrected chi connectivity index (χ2v) is 6.89. The van der Waals surface area contributed by atoms with Crippen molar-refractivity contribution in [3.63, 3.8) is 0 Å². The highest BCUT2D eigenvalue weighted by Gasteiger charge is 2.44. The van der Waals surface area contributed by atoms with Crippen molar-refractivity contribution in [2.45, 2.75) is 38.6 Å². The summed E-state index contributed by atoms with van der Waals surface area (Å²) in [5.41, 5.74) is 5.54. The molecule has 4 nitrogen and oxygen atoms in total. The van der Waals surface area contributed by atoms with Crippen LogP contribution >= 0.6 is 0 Å².